The third-order valence-electron chi connectivity index (χ3n) is 9.27. The number of rotatable bonds is 5. The van der Waals surface area contributed by atoms with Crippen molar-refractivity contribution in [2.45, 2.75) is 89.7 Å². The molecular weight excluding hydrogens is 414 g/mol. The summed E-state index contributed by atoms with van der Waals surface area (Å²) >= 11 is 0. The third-order valence-corrected chi connectivity index (χ3v) is 9.27. The molecule has 2 aliphatic carbocycles. The molecule has 1 unspecified atom stereocenters. The lowest BCUT2D eigenvalue weighted by Gasteiger charge is -2.54. The minimum absolute atomic E-state index is 0.0931. The lowest BCUT2D eigenvalue weighted by molar-refractivity contribution is -0.165. The number of nitrogens with zero attached hydrogens (tertiary/aromatic N) is 5. The van der Waals surface area contributed by atoms with Gasteiger partial charge >= 0.3 is 0 Å². The maximum atomic E-state index is 13.5. The summed E-state index contributed by atoms with van der Waals surface area (Å²) in [4.78, 5) is 24.2. The number of carbonyl (C=O) groups excluding carboxylic acids is 1. The lowest BCUT2D eigenvalue weighted by Crippen LogP contribution is -2.65. The lowest BCUT2D eigenvalue weighted by atomic mass is 9.65. The van der Waals surface area contributed by atoms with E-state index in [4.69, 9.17) is 0 Å². The van der Waals surface area contributed by atoms with E-state index in [9.17, 15) is 9.90 Å². The molecule has 0 aromatic carbocycles. The van der Waals surface area contributed by atoms with Crippen LogP contribution >= 0.6 is 0 Å². The largest absolute Gasteiger partial charge is 0.388 e. The molecule has 2 atom stereocenters. The molecule has 182 valence electrons. The van der Waals surface area contributed by atoms with Gasteiger partial charge in [0.15, 0.2) is 5.82 Å². The van der Waals surface area contributed by atoms with Crippen LogP contribution in [0.5, 0.6) is 0 Å². The Kier molecular flexibility index (Phi) is 6.38. The zero-order valence-corrected chi connectivity index (χ0v) is 20.5. The Bertz CT molecular complexity index is 851. The van der Waals surface area contributed by atoms with Crippen molar-refractivity contribution in [1.82, 2.24) is 19.9 Å². The SMILES string of the molecule is C[C@H](CC1CCCCC1)C(=O)N1CCC(O)(CN2Cc3cncnc3N2C)C2(CCCC2)C1. The molecule has 2 saturated carbocycles. The van der Waals surface area contributed by atoms with Gasteiger partial charge in [-0.15, -0.1) is 0 Å². The summed E-state index contributed by atoms with van der Waals surface area (Å²) in [5, 5.41) is 16.4. The number of hydrogen-bond acceptors (Lipinski definition) is 6. The number of hydrogen-bond donors (Lipinski definition) is 1. The molecule has 4 aliphatic rings. The van der Waals surface area contributed by atoms with Gasteiger partial charge in [-0.3, -0.25) is 9.80 Å². The Labute approximate surface area is 198 Å². The molecule has 1 spiro atoms. The van der Waals surface area contributed by atoms with Crippen LogP contribution in [0.2, 0.25) is 0 Å². The van der Waals surface area contributed by atoms with Crippen molar-refractivity contribution < 1.29 is 9.90 Å². The van der Waals surface area contributed by atoms with E-state index >= 15 is 0 Å². The smallest absolute Gasteiger partial charge is 0.225 e. The molecule has 3 heterocycles. The first-order valence-corrected chi connectivity index (χ1v) is 13.2. The second kappa shape index (κ2) is 9.14. The van der Waals surface area contributed by atoms with Crippen molar-refractivity contribution in [3.8, 4) is 0 Å². The third kappa shape index (κ3) is 4.27. The van der Waals surface area contributed by atoms with Crippen LogP contribution in [0.15, 0.2) is 12.5 Å². The van der Waals surface area contributed by atoms with E-state index in [0.29, 0.717) is 32.0 Å². The highest BCUT2D eigenvalue weighted by Crippen LogP contribution is 2.52. The number of aliphatic hydroxyl groups is 1. The van der Waals surface area contributed by atoms with Gasteiger partial charge in [-0.25, -0.2) is 15.0 Å². The number of fused-ring (bicyclic) bond motifs is 1. The van der Waals surface area contributed by atoms with Crippen molar-refractivity contribution in [3.05, 3.63) is 18.1 Å². The number of likely N-dealkylation sites (tertiary alicyclic amines) is 1. The van der Waals surface area contributed by atoms with Crippen LogP contribution in [-0.2, 0) is 11.3 Å². The molecular formula is C26H41N5O2. The van der Waals surface area contributed by atoms with Gasteiger partial charge in [0.05, 0.1) is 5.60 Å². The molecule has 0 radical (unpaired) electrons. The molecule has 5 rings (SSSR count). The molecule has 33 heavy (non-hydrogen) atoms. The van der Waals surface area contributed by atoms with Gasteiger partial charge in [0.1, 0.15) is 6.33 Å². The summed E-state index contributed by atoms with van der Waals surface area (Å²) in [7, 11) is 2.02. The number of aromatic nitrogens is 2. The van der Waals surface area contributed by atoms with Crippen LogP contribution in [0.1, 0.15) is 83.1 Å². The van der Waals surface area contributed by atoms with Crippen LogP contribution in [0.25, 0.3) is 0 Å². The summed E-state index contributed by atoms with van der Waals surface area (Å²) < 4.78 is 0. The topological polar surface area (TPSA) is 72.8 Å². The molecule has 1 N–H and O–H groups in total. The van der Waals surface area contributed by atoms with Crippen molar-refractivity contribution in [1.29, 1.82) is 0 Å². The van der Waals surface area contributed by atoms with Crippen LogP contribution in [-0.4, -0.2) is 63.2 Å². The molecule has 0 bridgehead atoms. The van der Waals surface area contributed by atoms with E-state index in [1.165, 1.54) is 32.1 Å². The van der Waals surface area contributed by atoms with E-state index in [1.54, 1.807) is 6.33 Å². The van der Waals surface area contributed by atoms with Crippen molar-refractivity contribution in [2.24, 2.45) is 17.3 Å². The van der Waals surface area contributed by atoms with Crippen LogP contribution in [0, 0.1) is 17.3 Å². The fourth-order valence-corrected chi connectivity index (χ4v) is 7.28. The monoisotopic (exact) mass is 455 g/mol. The first-order valence-electron chi connectivity index (χ1n) is 13.2. The number of carbonyl (C=O) groups is 1. The van der Waals surface area contributed by atoms with Gasteiger partial charge in [0, 0.05) is 56.3 Å². The average molecular weight is 456 g/mol. The predicted molar refractivity (Wildman–Crippen MR) is 128 cm³/mol. The number of amides is 1. The van der Waals surface area contributed by atoms with Gasteiger partial charge in [0.25, 0.3) is 0 Å². The number of β-amino-alcohol motifs (C(OH)–C–C–N with tert-alkyl or cyclic N) is 1. The van der Waals surface area contributed by atoms with Gasteiger partial charge in [-0.2, -0.15) is 0 Å². The van der Waals surface area contributed by atoms with Crippen molar-refractivity contribution in [2.75, 3.05) is 31.7 Å². The van der Waals surface area contributed by atoms with E-state index in [0.717, 1.165) is 55.9 Å². The zero-order chi connectivity index (χ0) is 23.1. The molecule has 1 amide bonds. The average Bonchev–Trinajstić information content (AvgIpc) is 3.42. The normalized spacial score (nSPS) is 28.9. The maximum Gasteiger partial charge on any atom is 0.225 e. The zero-order valence-electron chi connectivity index (χ0n) is 20.5. The van der Waals surface area contributed by atoms with Gasteiger partial charge in [-0.05, 0) is 31.6 Å². The van der Waals surface area contributed by atoms with Gasteiger partial charge in [0.2, 0.25) is 5.91 Å². The second-order valence-corrected chi connectivity index (χ2v) is 11.4. The molecule has 1 saturated heterocycles. The Hall–Kier alpha value is -1.73. The molecule has 7 nitrogen and oxygen atoms in total. The van der Waals surface area contributed by atoms with Crippen molar-refractivity contribution in [3.63, 3.8) is 0 Å². The molecule has 3 fully saturated rings. The van der Waals surface area contributed by atoms with Gasteiger partial charge < -0.3 is 10.0 Å². The summed E-state index contributed by atoms with van der Waals surface area (Å²) in [5.41, 5.74) is 0.108. The number of anilines is 1. The fourth-order valence-electron chi connectivity index (χ4n) is 7.28. The predicted octanol–water partition coefficient (Wildman–Crippen LogP) is 3.77. The Balaban J connectivity index is 1.27. The first kappa shape index (κ1) is 23.0. The second-order valence-electron chi connectivity index (χ2n) is 11.4. The molecule has 7 heteroatoms. The molecule has 1 aromatic heterocycles. The first-order chi connectivity index (χ1) is 15.9. The minimum Gasteiger partial charge on any atom is -0.388 e. The summed E-state index contributed by atoms with van der Waals surface area (Å²) in [6.45, 7) is 4.82. The number of piperidine rings is 1. The quantitative estimate of drug-likeness (QED) is 0.729. The van der Waals surface area contributed by atoms with Crippen LogP contribution < -0.4 is 5.01 Å². The molecule has 1 aromatic rings. The van der Waals surface area contributed by atoms with E-state index in [-0.39, 0.29) is 11.3 Å². The van der Waals surface area contributed by atoms with E-state index in [2.05, 4.69) is 31.8 Å². The summed E-state index contributed by atoms with van der Waals surface area (Å²) in [6, 6.07) is 0. The van der Waals surface area contributed by atoms with Crippen molar-refractivity contribution >= 4 is 11.7 Å². The highest BCUT2D eigenvalue weighted by molar-refractivity contribution is 5.78. The Morgan fingerprint density at radius 2 is 1.94 bits per heavy atom. The fraction of sp³-hybridized carbons (Fsp3) is 0.808. The van der Waals surface area contributed by atoms with E-state index in [1.807, 2.05) is 13.2 Å². The van der Waals surface area contributed by atoms with Gasteiger partial charge in [-0.1, -0.05) is 51.9 Å². The Morgan fingerprint density at radius 1 is 1.18 bits per heavy atom. The minimum atomic E-state index is -0.795. The highest BCUT2D eigenvalue weighted by atomic mass is 16.3. The van der Waals surface area contributed by atoms with E-state index < -0.39 is 5.60 Å². The van der Waals surface area contributed by atoms with Crippen LogP contribution in [0.3, 0.4) is 0 Å². The summed E-state index contributed by atoms with van der Waals surface area (Å²) in [6.07, 6.45) is 16.0. The Morgan fingerprint density at radius 3 is 2.67 bits per heavy atom. The molecule has 2 aliphatic heterocycles. The number of hydrazine groups is 1. The summed E-state index contributed by atoms with van der Waals surface area (Å²) in [5.74, 6) is 2.05. The highest BCUT2D eigenvalue weighted by Gasteiger charge is 2.56. The standard InChI is InChI=1S/C26H41N5O2/c1-20(14-21-8-4-3-5-9-21)24(32)30-13-12-26(33,25(17-30)10-6-7-11-25)18-31-16-22-15-27-19-28-23(22)29(31)2/h15,19-21,33H,3-14,16-18H2,1-2H3/t20-,26?/m1/s1. The van der Waals surface area contributed by atoms with Crippen LogP contribution in [0.4, 0.5) is 5.82 Å². The maximum absolute atomic E-state index is 13.5.